The molecule has 1 amide bonds. The van der Waals surface area contributed by atoms with Gasteiger partial charge in [-0.2, -0.15) is 0 Å². The van der Waals surface area contributed by atoms with Gasteiger partial charge in [-0.05, 0) is 20.1 Å². The maximum absolute atomic E-state index is 11.4. The molecule has 0 rings (SSSR count). The number of carbonyl (C=O) groups excluding carboxylic acids is 1. The predicted molar refractivity (Wildman–Crippen MR) is 72.5 cm³/mol. The molecule has 3 nitrogen and oxygen atoms in total. The van der Waals surface area contributed by atoms with Crippen molar-refractivity contribution >= 4 is 45.2 Å². The quantitative estimate of drug-likeness (QED) is 0.742. The number of thiocarbonyl (C=S) groups is 1. The summed E-state index contributed by atoms with van der Waals surface area (Å²) in [5.74, 6) is -0.0505. The molecule has 0 aliphatic heterocycles. The maximum Gasteiger partial charge on any atom is 0.221 e. The lowest BCUT2D eigenvalue weighted by Gasteiger charge is -2.22. The highest BCUT2D eigenvalue weighted by Crippen LogP contribution is 2.32. The van der Waals surface area contributed by atoms with Crippen LogP contribution in [0.25, 0.3) is 0 Å². The summed E-state index contributed by atoms with van der Waals surface area (Å²) in [6.45, 7) is 4.26. The minimum atomic E-state index is -0.195. The standard InChI is InChI=1S/C9H17NO2S3/c1-9(2,15-8(13)14-3)6-7(12)10-4-5-11/h11H,4-6H2,1-3H3,(H,10,12). The van der Waals surface area contributed by atoms with Gasteiger partial charge >= 0.3 is 0 Å². The van der Waals surface area contributed by atoms with E-state index in [-0.39, 0.29) is 17.3 Å². The maximum atomic E-state index is 11.4. The van der Waals surface area contributed by atoms with Crippen LogP contribution in [-0.4, -0.2) is 38.7 Å². The fourth-order valence-corrected chi connectivity index (χ4v) is 3.29. The predicted octanol–water partition coefficient (Wildman–Crippen LogP) is 1.64. The SMILES string of the molecule is CSC(=S)SC(C)(C)CC(=O)NCCO. The lowest BCUT2D eigenvalue weighted by molar-refractivity contribution is -0.121. The van der Waals surface area contributed by atoms with Crippen molar-refractivity contribution in [3.63, 3.8) is 0 Å². The van der Waals surface area contributed by atoms with Gasteiger partial charge < -0.3 is 10.4 Å². The summed E-state index contributed by atoms with van der Waals surface area (Å²) >= 11 is 8.15. The van der Waals surface area contributed by atoms with Crippen LogP contribution < -0.4 is 5.32 Å². The summed E-state index contributed by atoms with van der Waals surface area (Å²) in [4.78, 5) is 11.4. The number of thioether (sulfide) groups is 2. The average Bonchev–Trinajstić information content (AvgIpc) is 2.12. The third-order valence-corrected chi connectivity index (χ3v) is 4.24. The van der Waals surface area contributed by atoms with Crippen LogP contribution in [0.5, 0.6) is 0 Å². The van der Waals surface area contributed by atoms with E-state index in [1.807, 2.05) is 20.1 Å². The van der Waals surface area contributed by atoms with Crippen molar-refractivity contribution in [2.45, 2.75) is 25.0 Å². The summed E-state index contributed by atoms with van der Waals surface area (Å²) < 4.78 is 0.648. The van der Waals surface area contributed by atoms with Crippen LogP contribution in [0.1, 0.15) is 20.3 Å². The van der Waals surface area contributed by atoms with Crippen molar-refractivity contribution in [3.05, 3.63) is 0 Å². The second-order valence-corrected chi connectivity index (χ2v) is 7.28. The first-order valence-electron chi connectivity index (χ1n) is 4.56. The largest absolute Gasteiger partial charge is 0.395 e. The van der Waals surface area contributed by atoms with Gasteiger partial charge in [-0.3, -0.25) is 4.79 Å². The molecule has 0 fully saturated rings. The number of hydrogen-bond acceptors (Lipinski definition) is 5. The van der Waals surface area contributed by atoms with Crippen LogP contribution in [0.3, 0.4) is 0 Å². The van der Waals surface area contributed by atoms with Crippen LogP contribution in [0.2, 0.25) is 0 Å². The van der Waals surface area contributed by atoms with E-state index in [2.05, 4.69) is 5.32 Å². The molecule has 0 aliphatic rings. The second-order valence-electron chi connectivity index (χ2n) is 3.57. The summed E-state index contributed by atoms with van der Waals surface area (Å²) in [5.41, 5.74) is 0. The van der Waals surface area contributed by atoms with Crippen LogP contribution in [0.15, 0.2) is 0 Å². The number of hydrogen-bond donors (Lipinski definition) is 2. The van der Waals surface area contributed by atoms with Crippen molar-refractivity contribution in [1.29, 1.82) is 0 Å². The highest BCUT2D eigenvalue weighted by molar-refractivity contribution is 8.47. The molecule has 0 aliphatic carbocycles. The van der Waals surface area contributed by atoms with E-state index in [4.69, 9.17) is 17.3 Å². The van der Waals surface area contributed by atoms with Gasteiger partial charge in [0, 0.05) is 17.7 Å². The molecule has 0 radical (unpaired) electrons. The van der Waals surface area contributed by atoms with Crippen LogP contribution >= 0.6 is 35.7 Å². The Morgan fingerprint density at radius 3 is 2.60 bits per heavy atom. The monoisotopic (exact) mass is 267 g/mol. The zero-order valence-electron chi connectivity index (χ0n) is 9.20. The number of nitrogens with one attached hydrogen (secondary N) is 1. The molecule has 0 saturated carbocycles. The number of amides is 1. The Morgan fingerprint density at radius 2 is 2.13 bits per heavy atom. The van der Waals surface area contributed by atoms with Gasteiger partial charge in [0.25, 0.3) is 0 Å². The van der Waals surface area contributed by atoms with Crippen LogP contribution in [-0.2, 0) is 4.79 Å². The van der Waals surface area contributed by atoms with Crippen molar-refractivity contribution in [1.82, 2.24) is 5.32 Å². The van der Waals surface area contributed by atoms with E-state index < -0.39 is 0 Å². The Hall–Kier alpha value is 0.220. The molecular weight excluding hydrogens is 250 g/mol. The summed E-state index contributed by atoms with van der Waals surface area (Å²) in [6.07, 6.45) is 2.33. The number of aliphatic hydroxyl groups excluding tert-OH is 1. The van der Waals surface area contributed by atoms with Gasteiger partial charge in [-0.1, -0.05) is 12.2 Å². The van der Waals surface area contributed by atoms with E-state index in [1.165, 1.54) is 23.5 Å². The summed E-state index contributed by atoms with van der Waals surface area (Å²) in [6, 6.07) is 0. The number of carbonyl (C=O) groups is 1. The molecule has 0 aromatic carbocycles. The van der Waals surface area contributed by atoms with E-state index in [0.717, 1.165) is 3.53 Å². The molecule has 0 aromatic rings. The number of aliphatic hydroxyl groups is 1. The third kappa shape index (κ3) is 8.07. The second kappa shape index (κ2) is 7.49. The smallest absolute Gasteiger partial charge is 0.221 e. The molecule has 15 heavy (non-hydrogen) atoms. The van der Waals surface area contributed by atoms with Crippen molar-refractivity contribution < 1.29 is 9.90 Å². The molecule has 0 bridgehead atoms. The Morgan fingerprint density at radius 1 is 1.53 bits per heavy atom. The van der Waals surface area contributed by atoms with Gasteiger partial charge in [0.05, 0.1) is 6.61 Å². The molecule has 0 heterocycles. The zero-order chi connectivity index (χ0) is 11.9. The van der Waals surface area contributed by atoms with Crippen LogP contribution in [0, 0.1) is 0 Å². The average molecular weight is 267 g/mol. The van der Waals surface area contributed by atoms with E-state index in [1.54, 1.807) is 0 Å². The third-order valence-electron chi connectivity index (χ3n) is 1.55. The summed E-state index contributed by atoms with van der Waals surface area (Å²) in [5, 5.41) is 11.2. The Kier molecular flexibility index (Phi) is 7.60. The molecule has 88 valence electrons. The van der Waals surface area contributed by atoms with Gasteiger partial charge in [0.15, 0.2) is 0 Å². The molecule has 0 unspecified atom stereocenters. The first-order valence-corrected chi connectivity index (χ1v) is 7.01. The minimum absolute atomic E-state index is 0.0253. The fourth-order valence-electron chi connectivity index (χ4n) is 0.948. The highest BCUT2D eigenvalue weighted by Gasteiger charge is 2.24. The summed E-state index contributed by atoms with van der Waals surface area (Å²) in [7, 11) is 0. The van der Waals surface area contributed by atoms with Crippen LogP contribution in [0.4, 0.5) is 0 Å². The lowest BCUT2D eigenvalue weighted by atomic mass is 10.1. The van der Waals surface area contributed by atoms with E-state index in [0.29, 0.717) is 13.0 Å². The first-order chi connectivity index (χ1) is 6.91. The van der Waals surface area contributed by atoms with Crippen molar-refractivity contribution in [3.8, 4) is 0 Å². The minimum Gasteiger partial charge on any atom is -0.395 e. The fraction of sp³-hybridized carbons (Fsp3) is 0.778. The van der Waals surface area contributed by atoms with Crippen molar-refractivity contribution in [2.75, 3.05) is 19.4 Å². The molecule has 6 heteroatoms. The molecular formula is C9H17NO2S3. The normalized spacial score (nSPS) is 11.2. The van der Waals surface area contributed by atoms with Crippen molar-refractivity contribution in [2.24, 2.45) is 0 Å². The Bertz CT molecular complexity index is 231. The molecule has 0 saturated heterocycles. The molecule has 2 N–H and O–H groups in total. The topological polar surface area (TPSA) is 49.3 Å². The van der Waals surface area contributed by atoms with Gasteiger partial charge in [0.1, 0.15) is 3.53 Å². The van der Waals surface area contributed by atoms with Gasteiger partial charge in [-0.25, -0.2) is 0 Å². The molecule has 0 atom stereocenters. The number of rotatable bonds is 5. The highest BCUT2D eigenvalue weighted by atomic mass is 32.2. The lowest BCUT2D eigenvalue weighted by Crippen LogP contribution is -2.32. The molecule has 0 spiro atoms. The Labute approximate surface area is 105 Å². The van der Waals surface area contributed by atoms with E-state index in [9.17, 15) is 4.79 Å². The zero-order valence-corrected chi connectivity index (χ0v) is 11.7. The van der Waals surface area contributed by atoms with Gasteiger partial charge in [-0.15, -0.1) is 23.5 Å². The Balaban J connectivity index is 4.01. The van der Waals surface area contributed by atoms with E-state index >= 15 is 0 Å². The van der Waals surface area contributed by atoms with Gasteiger partial charge in [0.2, 0.25) is 5.91 Å². The first kappa shape index (κ1) is 15.2. The molecule has 0 aromatic heterocycles.